The second kappa shape index (κ2) is 10.1. The molecule has 0 saturated heterocycles. The van der Waals surface area contributed by atoms with E-state index in [9.17, 15) is 4.79 Å². The van der Waals surface area contributed by atoms with Crippen molar-refractivity contribution in [1.29, 1.82) is 0 Å². The van der Waals surface area contributed by atoms with Gasteiger partial charge in [0, 0.05) is 68.9 Å². The number of rotatable bonds is 2. The topological polar surface area (TPSA) is 39.5 Å². The smallest absolute Gasteiger partial charge is 0.263 e. The molecule has 0 bridgehead atoms. The van der Waals surface area contributed by atoms with Crippen molar-refractivity contribution in [2.45, 2.75) is 0 Å². The molecule has 13 rings (SSSR count). The second-order valence-electron chi connectivity index (χ2n) is 14.4. The molecule has 0 radical (unpaired) electrons. The van der Waals surface area contributed by atoms with E-state index in [2.05, 4.69) is 144 Å². The molecule has 0 aliphatic heterocycles. The summed E-state index contributed by atoms with van der Waals surface area (Å²) in [5, 5.41) is 12.3. The first-order valence-corrected chi connectivity index (χ1v) is 19.0. The van der Waals surface area contributed by atoms with Crippen molar-refractivity contribution < 1.29 is 4.42 Å². The van der Waals surface area contributed by atoms with Crippen LogP contribution in [0.5, 0.6) is 0 Å². The van der Waals surface area contributed by atoms with Gasteiger partial charge in [-0.3, -0.25) is 9.20 Å². The first-order valence-electron chi connectivity index (χ1n) is 18.2. The molecule has 250 valence electrons. The fourth-order valence-corrected chi connectivity index (χ4v) is 10.7. The van der Waals surface area contributed by atoms with Crippen LogP contribution >= 0.6 is 11.3 Å². The van der Waals surface area contributed by atoms with Gasteiger partial charge >= 0.3 is 0 Å². The zero-order valence-electron chi connectivity index (χ0n) is 28.6. The van der Waals surface area contributed by atoms with Gasteiger partial charge in [-0.05, 0) is 77.2 Å². The largest absolute Gasteiger partial charge is 0.456 e. The summed E-state index contributed by atoms with van der Waals surface area (Å²) in [5.74, 6) is 0. The minimum atomic E-state index is 0.0191. The molecule has 0 amide bonds. The van der Waals surface area contributed by atoms with Gasteiger partial charge in [0.05, 0.1) is 22.1 Å². The van der Waals surface area contributed by atoms with Gasteiger partial charge < -0.3 is 8.98 Å². The van der Waals surface area contributed by atoms with E-state index in [1.165, 1.54) is 42.0 Å². The van der Waals surface area contributed by atoms with Crippen LogP contribution in [0, 0.1) is 0 Å². The van der Waals surface area contributed by atoms with Gasteiger partial charge in [0.2, 0.25) is 0 Å². The van der Waals surface area contributed by atoms with E-state index < -0.39 is 0 Å². The highest BCUT2D eigenvalue weighted by molar-refractivity contribution is 7.26. The summed E-state index contributed by atoms with van der Waals surface area (Å²) in [7, 11) is 0. The van der Waals surface area contributed by atoms with Crippen LogP contribution in [0.1, 0.15) is 0 Å². The molecule has 5 heteroatoms. The Morgan fingerprint density at radius 3 is 2.11 bits per heavy atom. The van der Waals surface area contributed by atoms with E-state index in [0.29, 0.717) is 0 Å². The zero-order chi connectivity index (χ0) is 35.2. The molecule has 0 fully saturated rings. The summed E-state index contributed by atoms with van der Waals surface area (Å²) in [6, 6.07) is 55.8. The quantitative estimate of drug-likeness (QED) is 0.168. The van der Waals surface area contributed by atoms with Crippen LogP contribution in [0.4, 0.5) is 0 Å². The summed E-state index contributed by atoms with van der Waals surface area (Å²) in [5.41, 5.74) is 9.26. The van der Waals surface area contributed by atoms with Crippen molar-refractivity contribution in [2.75, 3.05) is 0 Å². The molecule has 5 heterocycles. The molecule has 0 unspecified atom stereocenters. The highest BCUT2D eigenvalue weighted by Gasteiger charge is 2.21. The van der Waals surface area contributed by atoms with E-state index in [4.69, 9.17) is 4.42 Å². The SMILES string of the molecule is O=c1c2ccccc2c2cccc3c4cc(-c5cccc6oc7ccc(-n8c9ccccc9c9c%10sc%11ccccc%11c%10ccc98)cc7c56)ccc4n1c23. The summed E-state index contributed by atoms with van der Waals surface area (Å²) >= 11 is 1.88. The number of nitrogens with zero attached hydrogens (tertiary/aromatic N) is 2. The van der Waals surface area contributed by atoms with E-state index in [1.807, 2.05) is 33.9 Å². The Balaban J connectivity index is 1.07. The van der Waals surface area contributed by atoms with Crippen molar-refractivity contribution in [3.05, 3.63) is 168 Å². The van der Waals surface area contributed by atoms with Crippen LogP contribution < -0.4 is 5.56 Å². The van der Waals surface area contributed by atoms with Crippen LogP contribution in [0.2, 0.25) is 0 Å². The lowest BCUT2D eigenvalue weighted by Crippen LogP contribution is -2.12. The summed E-state index contributed by atoms with van der Waals surface area (Å²) in [6.45, 7) is 0. The standard InChI is InChI=1S/C49H26N2O2S/c52-49-35-11-2-1-9-30(35)32-14-7-15-33-37-25-27(19-22-40(37)51(49)47(32)33)29-13-8-17-43-45(29)38-26-28(20-24-42(38)53-43)50-39-16-5-3-12-36(39)46-41(50)23-21-34-31-10-4-6-18-44(31)54-48(34)46/h1-26H. The average Bonchev–Trinajstić information content (AvgIpc) is 3.97. The summed E-state index contributed by atoms with van der Waals surface area (Å²) < 4.78 is 13.5. The molecule has 5 aromatic heterocycles. The monoisotopic (exact) mass is 706 g/mol. The first kappa shape index (κ1) is 28.6. The van der Waals surface area contributed by atoms with Gasteiger partial charge in [-0.2, -0.15) is 0 Å². The lowest BCUT2D eigenvalue weighted by Gasteiger charge is -2.09. The summed E-state index contributed by atoms with van der Waals surface area (Å²) in [6.07, 6.45) is 0. The van der Waals surface area contributed by atoms with E-state index in [1.54, 1.807) is 0 Å². The predicted octanol–water partition coefficient (Wildman–Crippen LogP) is 13.2. The molecular formula is C49H26N2O2S. The van der Waals surface area contributed by atoms with Crippen molar-refractivity contribution in [3.63, 3.8) is 0 Å². The maximum Gasteiger partial charge on any atom is 0.263 e. The first-order chi connectivity index (χ1) is 26.7. The Labute approximate surface area is 310 Å². The third-order valence-corrected chi connectivity index (χ3v) is 12.9. The minimum Gasteiger partial charge on any atom is -0.456 e. The maximum atomic E-state index is 14.0. The minimum absolute atomic E-state index is 0.0191. The highest BCUT2D eigenvalue weighted by Crippen LogP contribution is 2.45. The van der Waals surface area contributed by atoms with Crippen LogP contribution in [-0.2, 0) is 0 Å². The molecule has 0 atom stereocenters. The molecule has 54 heavy (non-hydrogen) atoms. The van der Waals surface area contributed by atoms with Crippen molar-refractivity contribution in [3.8, 4) is 16.8 Å². The highest BCUT2D eigenvalue weighted by atomic mass is 32.1. The number of furan rings is 1. The number of fused-ring (bicyclic) bond motifs is 15. The van der Waals surface area contributed by atoms with Gasteiger partial charge in [0.15, 0.2) is 0 Å². The maximum absolute atomic E-state index is 14.0. The Bertz CT molecular complexity index is 3820. The van der Waals surface area contributed by atoms with Crippen LogP contribution in [0.15, 0.2) is 167 Å². The summed E-state index contributed by atoms with van der Waals surface area (Å²) in [4.78, 5) is 14.0. The zero-order valence-corrected chi connectivity index (χ0v) is 29.4. The number of benzene rings is 8. The van der Waals surface area contributed by atoms with Gasteiger partial charge in [-0.15, -0.1) is 11.3 Å². The van der Waals surface area contributed by atoms with E-state index >= 15 is 0 Å². The fraction of sp³-hybridized carbons (Fsp3) is 0. The lowest BCUT2D eigenvalue weighted by molar-refractivity contribution is 0.669. The molecule has 0 aliphatic rings. The molecule has 0 N–H and O–H groups in total. The van der Waals surface area contributed by atoms with Gasteiger partial charge in [-0.25, -0.2) is 0 Å². The number of hydrogen-bond acceptors (Lipinski definition) is 3. The number of hydrogen-bond donors (Lipinski definition) is 0. The number of para-hydroxylation sites is 2. The average molecular weight is 707 g/mol. The Morgan fingerprint density at radius 1 is 0.463 bits per heavy atom. The number of thiophene rings is 1. The Kier molecular flexibility index (Phi) is 5.37. The molecule has 0 spiro atoms. The van der Waals surface area contributed by atoms with Crippen molar-refractivity contribution >= 4 is 113 Å². The predicted molar refractivity (Wildman–Crippen MR) is 227 cm³/mol. The fourth-order valence-electron chi connectivity index (χ4n) is 9.40. The van der Waals surface area contributed by atoms with Crippen molar-refractivity contribution in [2.24, 2.45) is 0 Å². The van der Waals surface area contributed by atoms with Gasteiger partial charge in [-0.1, -0.05) is 97.1 Å². The van der Waals surface area contributed by atoms with Crippen LogP contribution in [0.25, 0.3) is 119 Å². The van der Waals surface area contributed by atoms with E-state index in [-0.39, 0.29) is 5.56 Å². The molecule has 13 aromatic rings. The normalized spacial score (nSPS) is 12.5. The Morgan fingerprint density at radius 2 is 1.20 bits per heavy atom. The molecule has 8 aromatic carbocycles. The molecule has 0 saturated carbocycles. The molecule has 0 aliphatic carbocycles. The molecular weight excluding hydrogens is 681 g/mol. The van der Waals surface area contributed by atoms with Crippen LogP contribution in [0.3, 0.4) is 0 Å². The third-order valence-electron chi connectivity index (χ3n) is 11.7. The second-order valence-corrected chi connectivity index (χ2v) is 15.4. The lowest BCUT2D eigenvalue weighted by atomic mass is 9.97. The van der Waals surface area contributed by atoms with Crippen LogP contribution in [-0.4, -0.2) is 8.97 Å². The number of pyridine rings is 1. The van der Waals surface area contributed by atoms with Gasteiger partial charge in [0.25, 0.3) is 5.56 Å². The molecule has 4 nitrogen and oxygen atoms in total. The van der Waals surface area contributed by atoms with E-state index in [0.717, 1.165) is 76.7 Å². The Hall–Kier alpha value is -6.95. The van der Waals surface area contributed by atoms with Gasteiger partial charge in [0.1, 0.15) is 11.2 Å². The third kappa shape index (κ3) is 3.54. The number of aromatic nitrogens is 2. The van der Waals surface area contributed by atoms with Crippen molar-refractivity contribution in [1.82, 2.24) is 8.97 Å².